The zero-order valence-corrected chi connectivity index (χ0v) is 13.8. The Morgan fingerprint density at radius 3 is 2.84 bits per heavy atom. The average molecular weight is 338 g/mol. The van der Waals surface area contributed by atoms with Gasteiger partial charge >= 0.3 is 11.1 Å². The second kappa shape index (κ2) is 7.12. The summed E-state index contributed by atoms with van der Waals surface area (Å²) >= 11 is 0. The molecule has 2 heterocycles. The summed E-state index contributed by atoms with van der Waals surface area (Å²) in [6.45, 7) is 2.66. The van der Waals surface area contributed by atoms with Crippen molar-refractivity contribution in [2.24, 2.45) is 0 Å². The molecule has 3 rings (SSSR count). The van der Waals surface area contributed by atoms with Crippen LogP contribution in [0, 0.1) is 0 Å². The maximum absolute atomic E-state index is 12.3. The number of carbonyl (C=O) groups excluding carboxylic acids is 1. The molecule has 0 saturated carbocycles. The molecule has 1 amide bonds. The first-order chi connectivity index (χ1) is 12.1. The molecule has 0 saturated heterocycles. The molecule has 0 aliphatic heterocycles. The number of aryl methyl sites for hydroxylation is 1. The third-order valence-electron chi connectivity index (χ3n) is 3.98. The van der Waals surface area contributed by atoms with Crippen molar-refractivity contribution in [1.29, 1.82) is 0 Å². The van der Waals surface area contributed by atoms with Crippen molar-refractivity contribution in [3.63, 3.8) is 0 Å². The number of rotatable bonds is 5. The SMILES string of the molecule is CCn1c(=O)c(=O)[nH]c2cc(C(=O)NCCc3cccnc3)ccc21. The number of hydrogen-bond donors (Lipinski definition) is 2. The minimum Gasteiger partial charge on any atom is -0.352 e. The van der Waals surface area contributed by atoms with E-state index in [-0.39, 0.29) is 5.91 Å². The fraction of sp³-hybridized carbons (Fsp3) is 0.222. The van der Waals surface area contributed by atoms with Gasteiger partial charge in [-0.25, -0.2) is 0 Å². The van der Waals surface area contributed by atoms with Gasteiger partial charge in [-0.2, -0.15) is 0 Å². The number of nitrogens with one attached hydrogen (secondary N) is 2. The van der Waals surface area contributed by atoms with Crippen molar-refractivity contribution in [2.75, 3.05) is 6.54 Å². The van der Waals surface area contributed by atoms with Gasteiger partial charge in [0.15, 0.2) is 0 Å². The summed E-state index contributed by atoms with van der Waals surface area (Å²) in [5.41, 5.74) is 1.24. The summed E-state index contributed by atoms with van der Waals surface area (Å²) in [6, 6.07) is 8.70. The third-order valence-corrected chi connectivity index (χ3v) is 3.98. The predicted molar refractivity (Wildman–Crippen MR) is 94.8 cm³/mol. The molecule has 0 aliphatic carbocycles. The Bertz CT molecular complexity index is 1020. The summed E-state index contributed by atoms with van der Waals surface area (Å²) in [5, 5.41) is 2.84. The molecule has 0 bridgehead atoms. The third kappa shape index (κ3) is 3.50. The normalized spacial score (nSPS) is 10.8. The Morgan fingerprint density at radius 1 is 1.28 bits per heavy atom. The Morgan fingerprint density at radius 2 is 2.12 bits per heavy atom. The fourth-order valence-corrected chi connectivity index (χ4v) is 2.70. The summed E-state index contributed by atoms with van der Waals surface area (Å²) < 4.78 is 1.39. The minimum absolute atomic E-state index is 0.235. The number of amides is 1. The first-order valence-corrected chi connectivity index (χ1v) is 8.04. The Kier molecular flexibility index (Phi) is 4.74. The van der Waals surface area contributed by atoms with E-state index in [1.54, 1.807) is 37.5 Å². The van der Waals surface area contributed by atoms with Gasteiger partial charge in [0, 0.05) is 31.0 Å². The Hall–Kier alpha value is -3.22. The van der Waals surface area contributed by atoms with Crippen molar-refractivity contribution >= 4 is 16.9 Å². The highest BCUT2D eigenvalue weighted by Gasteiger charge is 2.10. The lowest BCUT2D eigenvalue weighted by Crippen LogP contribution is -2.36. The summed E-state index contributed by atoms with van der Waals surface area (Å²) in [6.07, 6.45) is 4.14. The van der Waals surface area contributed by atoms with Crippen LogP contribution in [-0.4, -0.2) is 27.0 Å². The zero-order chi connectivity index (χ0) is 17.8. The maximum atomic E-state index is 12.3. The number of nitrogens with zero attached hydrogens (tertiary/aromatic N) is 2. The van der Waals surface area contributed by atoms with Crippen molar-refractivity contribution in [2.45, 2.75) is 19.9 Å². The molecule has 0 atom stereocenters. The van der Waals surface area contributed by atoms with Gasteiger partial charge in [-0.3, -0.25) is 19.4 Å². The summed E-state index contributed by atoms with van der Waals surface area (Å²) in [7, 11) is 0. The quantitative estimate of drug-likeness (QED) is 0.680. The average Bonchev–Trinajstić information content (AvgIpc) is 2.63. The fourth-order valence-electron chi connectivity index (χ4n) is 2.70. The predicted octanol–water partition coefficient (Wildman–Crippen LogP) is 1.08. The standard InChI is InChI=1S/C18H18N4O3/c1-2-22-15-6-5-13(10-14(15)21-17(24)18(22)25)16(23)20-9-7-12-4-3-8-19-11-12/h3-6,8,10-11H,2,7,9H2,1H3,(H,20,23)(H,21,24). The van der Waals surface area contributed by atoms with Gasteiger partial charge < -0.3 is 14.9 Å². The number of aromatic amines is 1. The van der Waals surface area contributed by atoms with Crippen LogP contribution >= 0.6 is 0 Å². The van der Waals surface area contributed by atoms with Gasteiger partial charge in [0.2, 0.25) is 0 Å². The van der Waals surface area contributed by atoms with E-state index in [1.165, 1.54) is 4.57 Å². The molecule has 0 spiro atoms. The first-order valence-electron chi connectivity index (χ1n) is 8.04. The number of carbonyl (C=O) groups is 1. The Balaban J connectivity index is 1.79. The molecule has 1 aromatic carbocycles. The van der Waals surface area contributed by atoms with Crippen LogP contribution in [0.5, 0.6) is 0 Å². The van der Waals surface area contributed by atoms with Crippen molar-refractivity contribution in [1.82, 2.24) is 19.9 Å². The monoisotopic (exact) mass is 338 g/mol. The van der Waals surface area contributed by atoms with E-state index in [9.17, 15) is 14.4 Å². The van der Waals surface area contributed by atoms with Crippen LogP contribution in [0.15, 0.2) is 52.3 Å². The lowest BCUT2D eigenvalue weighted by atomic mass is 10.1. The van der Waals surface area contributed by atoms with E-state index in [2.05, 4.69) is 15.3 Å². The maximum Gasteiger partial charge on any atom is 0.316 e. The largest absolute Gasteiger partial charge is 0.352 e. The van der Waals surface area contributed by atoms with Gasteiger partial charge in [0.05, 0.1) is 11.0 Å². The number of hydrogen-bond acceptors (Lipinski definition) is 4. The highest BCUT2D eigenvalue weighted by atomic mass is 16.2. The molecule has 0 unspecified atom stereocenters. The molecule has 7 nitrogen and oxygen atoms in total. The van der Waals surface area contributed by atoms with E-state index >= 15 is 0 Å². The summed E-state index contributed by atoms with van der Waals surface area (Å²) in [4.78, 5) is 42.4. The first kappa shape index (κ1) is 16.6. The Labute approximate surface area is 143 Å². The number of fused-ring (bicyclic) bond motifs is 1. The lowest BCUT2D eigenvalue weighted by molar-refractivity contribution is 0.0954. The van der Waals surface area contributed by atoms with Crippen LogP contribution in [-0.2, 0) is 13.0 Å². The molecule has 0 aliphatic rings. The summed E-state index contributed by atoms with van der Waals surface area (Å²) in [5.74, 6) is -0.235. The highest BCUT2D eigenvalue weighted by Crippen LogP contribution is 2.11. The molecule has 128 valence electrons. The molecular weight excluding hydrogens is 320 g/mol. The molecule has 25 heavy (non-hydrogen) atoms. The van der Waals surface area contributed by atoms with Gasteiger partial charge in [-0.15, -0.1) is 0 Å². The van der Waals surface area contributed by atoms with E-state index in [0.717, 1.165) is 5.56 Å². The van der Waals surface area contributed by atoms with E-state index in [1.807, 2.05) is 12.1 Å². The molecule has 3 aromatic rings. The topological polar surface area (TPSA) is 96.9 Å². The van der Waals surface area contributed by atoms with Gasteiger partial charge in [-0.1, -0.05) is 6.07 Å². The highest BCUT2D eigenvalue weighted by molar-refractivity contribution is 5.97. The van der Waals surface area contributed by atoms with Crippen LogP contribution in [0.2, 0.25) is 0 Å². The van der Waals surface area contributed by atoms with E-state index in [0.29, 0.717) is 36.1 Å². The second-order valence-electron chi connectivity index (χ2n) is 5.60. The lowest BCUT2D eigenvalue weighted by Gasteiger charge is -2.09. The van der Waals surface area contributed by atoms with E-state index < -0.39 is 11.1 Å². The van der Waals surface area contributed by atoms with Gasteiger partial charge in [0.25, 0.3) is 5.91 Å². The molecule has 2 N–H and O–H groups in total. The van der Waals surface area contributed by atoms with Crippen molar-refractivity contribution in [3.05, 3.63) is 74.6 Å². The molecule has 7 heteroatoms. The number of pyridine rings is 1. The minimum atomic E-state index is -0.691. The van der Waals surface area contributed by atoms with Gasteiger partial charge in [0.1, 0.15) is 0 Å². The van der Waals surface area contributed by atoms with Crippen molar-refractivity contribution in [3.8, 4) is 0 Å². The van der Waals surface area contributed by atoms with E-state index in [4.69, 9.17) is 0 Å². The van der Waals surface area contributed by atoms with Crippen molar-refractivity contribution < 1.29 is 4.79 Å². The molecule has 0 fully saturated rings. The molecule has 0 radical (unpaired) electrons. The second-order valence-corrected chi connectivity index (χ2v) is 5.60. The smallest absolute Gasteiger partial charge is 0.316 e. The molecular formula is C18H18N4O3. The van der Waals surface area contributed by atoms with Crippen LogP contribution in [0.1, 0.15) is 22.8 Å². The number of H-pyrrole nitrogens is 1. The number of aromatic nitrogens is 3. The van der Waals surface area contributed by atoms with Gasteiger partial charge in [-0.05, 0) is 43.2 Å². The van der Waals surface area contributed by atoms with Crippen LogP contribution in [0.4, 0.5) is 0 Å². The van der Waals surface area contributed by atoms with Crippen LogP contribution in [0.25, 0.3) is 11.0 Å². The number of benzene rings is 1. The zero-order valence-electron chi connectivity index (χ0n) is 13.8. The van der Waals surface area contributed by atoms with Crippen LogP contribution in [0.3, 0.4) is 0 Å². The van der Waals surface area contributed by atoms with Crippen LogP contribution < -0.4 is 16.4 Å². The molecule has 2 aromatic heterocycles.